The van der Waals surface area contributed by atoms with E-state index in [1.165, 1.54) is 10.6 Å². The van der Waals surface area contributed by atoms with Crippen molar-refractivity contribution in [3.05, 3.63) is 56.9 Å². The van der Waals surface area contributed by atoms with E-state index in [4.69, 9.17) is 0 Å². The second-order valence-corrected chi connectivity index (χ2v) is 6.32. The lowest BCUT2D eigenvalue weighted by Crippen LogP contribution is -2.40. The number of nitro groups is 1. The number of hydrogen-bond acceptors (Lipinski definition) is 4. The van der Waals surface area contributed by atoms with Crippen molar-refractivity contribution in [3.63, 3.8) is 0 Å². The van der Waals surface area contributed by atoms with E-state index in [1.807, 2.05) is 19.9 Å². The highest BCUT2D eigenvalue weighted by Gasteiger charge is 2.33. The number of hydrogen-bond donors (Lipinski definition) is 1. The Bertz CT molecular complexity index is 794. The summed E-state index contributed by atoms with van der Waals surface area (Å²) in [6.45, 7) is 5.09. The van der Waals surface area contributed by atoms with Gasteiger partial charge in [-0.2, -0.15) is 0 Å². The molecule has 0 radical (unpaired) electrons. The van der Waals surface area contributed by atoms with E-state index in [9.17, 15) is 14.9 Å². The second-order valence-electron chi connectivity index (χ2n) is 6.32. The number of aromatic nitrogens is 1. The fourth-order valence-corrected chi connectivity index (χ4v) is 2.80. The first-order chi connectivity index (χ1) is 10.4. The van der Waals surface area contributed by atoms with Crippen molar-refractivity contribution in [2.24, 2.45) is 5.41 Å². The van der Waals surface area contributed by atoms with Crippen LogP contribution in [0.2, 0.25) is 0 Å². The molecule has 1 aliphatic rings. The largest absolute Gasteiger partial charge is 0.365 e. The van der Waals surface area contributed by atoms with Crippen molar-refractivity contribution in [2.45, 2.75) is 20.4 Å². The molecule has 1 aliphatic heterocycles. The summed E-state index contributed by atoms with van der Waals surface area (Å²) >= 11 is 0. The Morgan fingerprint density at radius 3 is 2.59 bits per heavy atom. The van der Waals surface area contributed by atoms with Gasteiger partial charge in [0.05, 0.1) is 10.5 Å². The summed E-state index contributed by atoms with van der Waals surface area (Å²) in [7, 11) is 0. The molecule has 22 heavy (non-hydrogen) atoms. The standard InChI is InChI=1S/C16H17N3O3/c1-16(2)9-17-15-14(19(21)22)12(8-13(20)18(15)10-16)11-6-4-3-5-7-11/h3-8,17H,9-10H2,1-2H3. The zero-order valence-corrected chi connectivity index (χ0v) is 12.5. The fourth-order valence-electron chi connectivity index (χ4n) is 2.80. The molecule has 0 amide bonds. The van der Waals surface area contributed by atoms with Crippen molar-refractivity contribution < 1.29 is 4.92 Å². The van der Waals surface area contributed by atoms with Crippen molar-refractivity contribution in [3.8, 4) is 11.1 Å². The van der Waals surface area contributed by atoms with Crippen LogP contribution in [0.4, 0.5) is 11.5 Å². The first-order valence-corrected chi connectivity index (χ1v) is 7.11. The van der Waals surface area contributed by atoms with Gasteiger partial charge in [0.1, 0.15) is 0 Å². The van der Waals surface area contributed by atoms with E-state index < -0.39 is 4.92 Å². The molecule has 1 aromatic heterocycles. The van der Waals surface area contributed by atoms with Crippen LogP contribution in [-0.2, 0) is 6.54 Å². The molecule has 1 N–H and O–H groups in total. The Balaban J connectivity index is 2.29. The molecule has 0 spiro atoms. The van der Waals surface area contributed by atoms with Gasteiger partial charge in [-0.3, -0.25) is 19.5 Å². The van der Waals surface area contributed by atoms with E-state index >= 15 is 0 Å². The summed E-state index contributed by atoms with van der Waals surface area (Å²) < 4.78 is 1.47. The van der Waals surface area contributed by atoms with E-state index in [1.54, 1.807) is 24.3 Å². The van der Waals surface area contributed by atoms with E-state index in [2.05, 4.69) is 5.32 Å². The molecule has 2 heterocycles. The zero-order chi connectivity index (χ0) is 15.9. The van der Waals surface area contributed by atoms with E-state index in [0.717, 1.165) is 0 Å². The highest BCUT2D eigenvalue weighted by molar-refractivity contribution is 5.80. The van der Waals surface area contributed by atoms with Gasteiger partial charge in [0.25, 0.3) is 5.56 Å². The van der Waals surface area contributed by atoms with Gasteiger partial charge in [0.15, 0.2) is 5.82 Å². The molecule has 114 valence electrons. The molecule has 3 rings (SSSR count). The minimum atomic E-state index is -0.418. The van der Waals surface area contributed by atoms with Crippen molar-refractivity contribution in [1.29, 1.82) is 0 Å². The third-order valence-electron chi connectivity index (χ3n) is 3.87. The number of fused-ring (bicyclic) bond motifs is 1. The van der Waals surface area contributed by atoms with Crippen LogP contribution in [0.3, 0.4) is 0 Å². The average Bonchev–Trinajstić information content (AvgIpc) is 2.47. The van der Waals surface area contributed by atoms with Gasteiger partial charge in [0.2, 0.25) is 0 Å². The van der Waals surface area contributed by atoms with Gasteiger partial charge >= 0.3 is 5.69 Å². The topological polar surface area (TPSA) is 77.2 Å². The lowest BCUT2D eigenvalue weighted by atomic mass is 9.91. The van der Waals surface area contributed by atoms with Crippen LogP contribution in [0.5, 0.6) is 0 Å². The molecule has 6 nitrogen and oxygen atoms in total. The molecular weight excluding hydrogens is 282 g/mol. The predicted octanol–water partition coefficient (Wildman–Crippen LogP) is 2.88. The minimum Gasteiger partial charge on any atom is -0.365 e. The van der Waals surface area contributed by atoms with Gasteiger partial charge in [-0.25, -0.2) is 0 Å². The lowest BCUT2D eigenvalue weighted by molar-refractivity contribution is -0.383. The summed E-state index contributed by atoms with van der Waals surface area (Å²) in [5, 5.41) is 14.7. The number of nitrogens with one attached hydrogen (secondary N) is 1. The summed E-state index contributed by atoms with van der Waals surface area (Å²) in [4.78, 5) is 23.6. The van der Waals surface area contributed by atoms with Gasteiger partial charge in [-0.1, -0.05) is 44.2 Å². The quantitative estimate of drug-likeness (QED) is 0.683. The molecule has 1 aromatic carbocycles. The molecule has 2 aromatic rings. The molecular formula is C16H17N3O3. The van der Waals surface area contributed by atoms with Crippen LogP contribution in [0.1, 0.15) is 13.8 Å². The molecule has 0 saturated heterocycles. The van der Waals surface area contributed by atoms with E-state index in [-0.39, 0.29) is 16.7 Å². The zero-order valence-electron chi connectivity index (χ0n) is 12.5. The van der Waals surface area contributed by atoms with Gasteiger partial charge < -0.3 is 5.32 Å². The van der Waals surface area contributed by atoms with Crippen molar-refractivity contribution >= 4 is 11.5 Å². The summed E-state index contributed by atoms with van der Waals surface area (Å²) in [6.07, 6.45) is 0. The first-order valence-electron chi connectivity index (χ1n) is 7.11. The molecule has 6 heteroatoms. The Morgan fingerprint density at radius 1 is 1.27 bits per heavy atom. The first kappa shape index (κ1) is 14.3. The predicted molar refractivity (Wildman–Crippen MR) is 85.1 cm³/mol. The van der Waals surface area contributed by atoms with Crippen LogP contribution in [0.25, 0.3) is 11.1 Å². The maximum absolute atomic E-state index is 12.4. The Labute approximate surface area is 127 Å². The van der Waals surface area contributed by atoms with Crippen LogP contribution >= 0.6 is 0 Å². The molecule has 0 bridgehead atoms. The smallest absolute Gasteiger partial charge is 0.317 e. The minimum absolute atomic E-state index is 0.0405. The highest BCUT2D eigenvalue weighted by Crippen LogP contribution is 2.38. The van der Waals surface area contributed by atoms with Gasteiger partial charge in [0, 0.05) is 24.6 Å². The normalized spacial score (nSPS) is 15.7. The van der Waals surface area contributed by atoms with Crippen LogP contribution < -0.4 is 10.9 Å². The van der Waals surface area contributed by atoms with Gasteiger partial charge in [-0.05, 0) is 5.56 Å². The lowest BCUT2D eigenvalue weighted by Gasteiger charge is -2.33. The molecule has 0 saturated carbocycles. The van der Waals surface area contributed by atoms with Crippen LogP contribution in [-0.4, -0.2) is 16.0 Å². The molecule has 0 unspecified atom stereocenters. The fraction of sp³-hybridized carbons (Fsp3) is 0.312. The maximum atomic E-state index is 12.4. The SMILES string of the molecule is CC1(C)CNc2c([N+](=O)[O-])c(-c3ccccc3)cc(=O)n2C1. The van der Waals surface area contributed by atoms with E-state index in [0.29, 0.717) is 30.0 Å². The number of anilines is 1. The highest BCUT2D eigenvalue weighted by atomic mass is 16.6. The second kappa shape index (κ2) is 4.98. The summed E-state index contributed by atoms with van der Waals surface area (Å²) in [5.41, 5.74) is 0.635. The molecule has 0 atom stereocenters. The number of pyridine rings is 1. The average molecular weight is 299 g/mol. The number of nitrogens with zero attached hydrogens (tertiary/aromatic N) is 2. The van der Waals surface area contributed by atoms with Gasteiger partial charge in [-0.15, -0.1) is 0 Å². The maximum Gasteiger partial charge on any atom is 0.317 e. The third-order valence-corrected chi connectivity index (χ3v) is 3.87. The third kappa shape index (κ3) is 2.36. The number of rotatable bonds is 2. The van der Waals surface area contributed by atoms with Crippen LogP contribution in [0.15, 0.2) is 41.2 Å². The monoisotopic (exact) mass is 299 g/mol. The number of benzene rings is 1. The summed E-state index contributed by atoms with van der Waals surface area (Å²) in [5.74, 6) is 0.302. The summed E-state index contributed by atoms with van der Waals surface area (Å²) in [6, 6.07) is 10.3. The molecule has 0 fully saturated rings. The Morgan fingerprint density at radius 2 is 1.95 bits per heavy atom. The Hall–Kier alpha value is -2.63. The molecule has 0 aliphatic carbocycles. The van der Waals surface area contributed by atoms with Crippen molar-refractivity contribution in [2.75, 3.05) is 11.9 Å². The Kier molecular flexibility index (Phi) is 3.24. The van der Waals surface area contributed by atoms with Crippen molar-refractivity contribution in [1.82, 2.24) is 4.57 Å². The van der Waals surface area contributed by atoms with Crippen LogP contribution in [0, 0.1) is 15.5 Å².